The van der Waals surface area contributed by atoms with Gasteiger partial charge in [-0.2, -0.15) is 0 Å². The van der Waals surface area contributed by atoms with Gasteiger partial charge in [0.1, 0.15) is 6.17 Å². The molecule has 0 atom stereocenters. The molecule has 1 aliphatic rings. The van der Waals surface area contributed by atoms with Crippen LogP contribution in [0.5, 0.6) is 0 Å². The van der Waals surface area contributed by atoms with Gasteiger partial charge in [-0.3, -0.25) is 10.0 Å². The van der Waals surface area contributed by atoms with Gasteiger partial charge in [0.2, 0.25) is 0 Å². The molecule has 1 saturated heterocycles. The molecule has 0 radical (unpaired) electrons. The Kier molecular flexibility index (Phi) is 2.65. The third-order valence-electron chi connectivity index (χ3n) is 6.58. The van der Waals surface area contributed by atoms with Crippen molar-refractivity contribution in [1.82, 2.24) is 20.9 Å². The van der Waals surface area contributed by atoms with E-state index in [1.54, 1.807) is 14.1 Å². The van der Waals surface area contributed by atoms with Crippen molar-refractivity contribution in [2.45, 2.75) is 6.17 Å². The Morgan fingerprint density at radius 1 is 0.655 bits per heavy atom. The van der Waals surface area contributed by atoms with E-state index < -0.39 is 0 Å². The highest BCUT2D eigenvalue weighted by Crippen LogP contribution is 2.49. The molecule has 0 spiro atoms. The van der Waals surface area contributed by atoms with Gasteiger partial charge in [-0.25, -0.2) is 15.6 Å². The summed E-state index contributed by atoms with van der Waals surface area (Å²) in [5.41, 5.74) is 7.71. The van der Waals surface area contributed by atoms with Gasteiger partial charge in [-0.15, -0.1) is 0 Å². The molecule has 7 rings (SSSR count). The van der Waals surface area contributed by atoms with Crippen molar-refractivity contribution in [3.8, 4) is 0 Å². The van der Waals surface area contributed by atoms with E-state index in [0.717, 1.165) is 5.56 Å². The quantitative estimate of drug-likeness (QED) is 0.405. The van der Waals surface area contributed by atoms with Crippen molar-refractivity contribution < 1.29 is 4.79 Å². The highest BCUT2D eigenvalue weighted by Gasteiger charge is 2.30. The summed E-state index contributed by atoms with van der Waals surface area (Å²) in [4.78, 5) is 12.2. The Morgan fingerprint density at radius 2 is 1.10 bits per heavy atom. The number of amides is 2. The van der Waals surface area contributed by atoms with Crippen LogP contribution in [0.25, 0.3) is 53.9 Å². The van der Waals surface area contributed by atoms with Gasteiger partial charge in [-0.1, -0.05) is 48.5 Å². The molecule has 6 aromatic carbocycles. The number of nitrogens with one attached hydrogen (secondary N) is 2. The number of urea groups is 1. The molecule has 2 N–H and O–H groups in total. The Bertz CT molecular complexity index is 1520. The van der Waals surface area contributed by atoms with E-state index in [4.69, 9.17) is 0 Å². The lowest BCUT2D eigenvalue weighted by Gasteiger charge is -2.38. The first-order valence-corrected chi connectivity index (χ1v) is 9.83. The average molecular weight is 378 g/mol. The molecule has 0 unspecified atom stereocenters. The lowest BCUT2D eigenvalue weighted by molar-refractivity contribution is 0.0585. The Balaban J connectivity index is 1.65. The van der Waals surface area contributed by atoms with Crippen LogP contribution in [0, 0.1) is 0 Å². The lowest BCUT2D eigenvalue weighted by Crippen LogP contribution is -2.62. The van der Waals surface area contributed by atoms with Crippen molar-refractivity contribution in [1.29, 1.82) is 0 Å². The number of rotatable bonds is 1. The molecule has 1 aliphatic heterocycles. The summed E-state index contributed by atoms with van der Waals surface area (Å²) in [6, 6.07) is 20.0. The van der Waals surface area contributed by atoms with Gasteiger partial charge >= 0.3 is 6.03 Å². The van der Waals surface area contributed by atoms with Crippen LogP contribution in [0.3, 0.4) is 0 Å². The fraction of sp³-hybridized carbons (Fsp3) is 0.125. The number of carbonyl (C=O) groups excluding carboxylic acids is 1. The molecule has 0 aromatic heterocycles. The topological polar surface area (TPSA) is 47.6 Å². The fourth-order valence-corrected chi connectivity index (χ4v) is 5.33. The third kappa shape index (κ3) is 1.75. The van der Waals surface area contributed by atoms with E-state index in [-0.39, 0.29) is 12.2 Å². The number of carbonyl (C=O) groups is 1. The van der Waals surface area contributed by atoms with Gasteiger partial charge < -0.3 is 0 Å². The van der Waals surface area contributed by atoms with Gasteiger partial charge in [0.25, 0.3) is 0 Å². The summed E-state index contributed by atoms with van der Waals surface area (Å²) in [5.74, 6) is 0. The predicted molar refractivity (Wildman–Crippen MR) is 117 cm³/mol. The molecular weight excluding hydrogens is 360 g/mol. The first-order chi connectivity index (χ1) is 14.1. The zero-order chi connectivity index (χ0) is 19.4. The molecule has 140 valence electrons. The maximum Gasteiger partial charge on any atom is 0.348 e. The largest absolute Gasteiger partial charge is 0.348 e. The maximum absolute atomic E-state index is 12.2. The summed E-state index contributed by atoms with van der Waals surface area (Å²) in [6.07, 6.45) is -0.192. The van der Waals surface area contributed by atoms with Gasteiger partial charge in [0, 0.05) is 14.1 Å². The summed E-state index contributed by atoms with van der Waals surface area (Å²) < 4.78 is 0. The van der Waals surface area contributed by atoms with E-state index in [2.05, 4.69) is 65.4 Å². The summed E-state index contributed by atoms with van der Waals surface area (Å²) in [6.45, 7) is 0. The van der Waals surface area contributed by atoms with Crippen LogP contribution in [-0.2, 0) is 0 Å². The molecule has 2 amide bonds. The van der Waals surface area contributed by atoms with E-state index >= 15 is 0 Å². The minimum absolute atomic E-state index is 0.114. The second-order valence-corrected chi connectivity index (χ2v) is 8.13. The summed E-state index contributed by atoms with van der Waals surface area (Å²) >= 11 is 0. The minimum Gasteiger partial charge on any atom is -0.260 e. The van der Waals surface area contributed by atoms with Crippen molar-refractivity contribution in [2.24, 2.45) is 0 Å². The molecule has 0 aliphatic carbocycles. The van der Waals surface area contributed by atoms with Crippen LogP contribution in [0.4, 0.5) is 4.79 Å². The molecule has 5 nitrogen and oxygen atoms in total. The van der Waals surface area contributed by atoms with E-state index in [1.807, 2.05) is 0 Å². The standard InChI is InChI=1S/C24H18N4O/c1-27-24(29)28(2)26-23(25-27)17-11-15-8-7-13-4-3-12-5-6-14-9-10-16(17)22-20(14)18(12)19(13)21(15)22/h3-11,23,25-26H,1-2H3. The van der Waals surface area contributed by atoms with Gasteiger partial charge in [0.05, 0.1) is 0 Å². The number of hydrogen-bond acceptors (Lipinski definition) is 3. The molecular formula is C24H18N4O. The SMILES string of the molecule is CN1NC(c2cc3ccc4ccc5ccc6ccc2c2c6c5c4c32)NN(C)C1=O. The van der Waals surface area contributed by atoms with Crippen molar-refractivity contribution in [2.75, 3.05) is 14.1 Å². The summed E-state index contributed by atoms with van der Waals surface area (Å²) in [5, 5.41) is 16.2. The highest BCUT2D eigenvalue weighted by molar-refractivity contribution is 6.44. The Morgan fingerprint density at radius 3 is 1.69 bits per heavy atom. The van der Waals surface area contributed by atoms with Crippen LogP contribution in [0.15, 0.2) is 54.6 Å². The number of benzene rings is 5. The van der Waals surface area contributed by atoms with E-state index in [0.29, 0.717) is 0 Å². The number of hydrazine groups is 2. The molecule has 1 fully saturated rings. The first kappa shape index (κ1) is 15.5. The van der Waals surface area contributed by atoms with Crippen LogP contribution in [0.2, 0.25) is 0 Å². The van der Waals surface area contributed by atoms with Crippen LogP contribution >= 0.6 is 0 Å². The molecule has 0 bridgehead atoms. The van der Waals surface area contributed by atoms with Gasteiger partial charge in [-0.05, 0) is 65.5 Å². The maximum atomic E-state index is 12.2. The smallest absolute Gasteiger partial charge is 0.260 e. The Hall–Kier alpha value is -3.41. The first-order valence-electron chi connectivity index (χ1n) is 9.83. The zero-order valence-corrected chi connectivity index (χ0v) is 16.1. The molecule has 6 aromatic rings. The van der Waals surface area contributed by atoms with Crippen LogP contribution < -0.4 is 10.9 Å². The molecule has 0 saturated carbocycles. The molecule has 5 heteroatoms. The minimum atomic E-state index is -0.192. The van der Waals surface area contributed by atoms with Crippen LogP contribution in [-0.4, -0.2) is 30.1 Å². The Labute approximate surface area is 166 Å². The highest BCUT2D eigenvalue weighted by atomic mass is 16.2. The second kappa shape index (κ2) is 4.95. The van der Waals surface area contributed by atoms with Crippen molar-refractivity contribution in [3.63, 3.8) is 0 Å². The number of hydrogen-bond donors (Lipinski definition) is 2. The lowest BCUT2D eigenvalue weighted by atomic mass is 9.94. The van der Waals surface area contributed by atoms with Gasteiger partial charge in [0.15, 0.2) is 0 Å². The van der Waals surface area contributed by atoms with Crippen LogP contribution in [0.1, 0.15) is 11.7 Å². The van der Waals surface area contributed by atoms with E-state index in [9.17, 15) is 4.79 Å². The van der Waals surface area contributed by atoms with Crippen molar-refractivity contribution in [3.05, 3.63) is 60.2 Å². The molecule has 29 heavy (non-hydrogen) atoms. The monoisotopic (exact) mass is 378 g/mol. The predicted octanol–water partition coefficient (Wildman–Crippen LogP) is 4.77. The zero-order valence-electron chi connectivity index (χ0n) is 16.1. The summed E-state index contributed by atoms with van der Waals surface area (Å²) in [7, 11) is 3.51. The third-order valence-corrected chi connectivity index (χ3v) is 6.58. The molecule has 1 heterocycles. The normalized spacial score (nSPS) is 16.8. The second-order valence-electron chi connectivity index (χ2n) is 8.13. The fourth-order valence-electron chi connectivity index (χ4n) is 5.33. The van der Waals surface area contributed by atoms with E-state index in [1.165, 1.54) is 63.9 Å². The average Bonchev–Trinajstić information content (AvgIpc) is 3.11. The van der Waals surface area contributed by atoms with Crippen molar-refractivity contribution >= 4 is 59.9 Å². The number of nitrogens with zero attached hydrogens (tertiary/aromatic N) is 2.